The standard InChI is InChI=1S/C29H27NO7/c1-19-8-10-21(11-9-19)25(31)18-36-27(33)17-16-26(32)30-24-14-12-23(13-15-24)29(35)37-20(2)28(34)22-6-4-3-5-7-22/h3-15,20H,16-18H2,1-2H3,(H,30,32). The molecule has 0 radical (unpaired) electrons. The fourth-order valence-corrected chi connectivity index (χ4v) is 3.29. The van der Waals surface area contributed by atoms with E-state index in [2.05, 4.69) is 5.32 Å². The number of anilines is 1. The zero-order valence-electron chi connectivity index (χ0n) is 20.6. The van der Waals surface area contributed by atoms with E-state index in [1.165, 1.54) is 31.2 Å². The molecule has 0 aliphatic carbocycles. The van der Waals surface area contributed by atoms with E-state index in [4.69, 9.17) is 9.47 Å². The second-order valence-corrected chi connectivity index (χ2v) is 8.35. The molecule has 8 heteroatoms. The van der Waals surface area contributed by atoms with Crippen LogP contribution in [0.5, 0.6) is 0 Å². The fraction of sp³-hybridized carbons (Fsp3) is 0.207. The third-order valence-electron chi connectivity index (χ3n) is 5.41. The van der Waals surface area contributed by atoms with Gasteiger partial charge in [0.25, 0.3) is 0 Å². The fourth-order valence-electron chi connectivity index (χ4n) is 3.29. The predicted molar refractivity (Wildman–Crippen MR) is 136 cm³/mol. The first-order valence-corrected chi connectivity index (χ1v) is 11.7. The lowest BCUT2D eigenvalue weighted by molar-refractivity contribution is -0.143. The molecule has 1 unspecified atom stereocenters. The van der Waals surface area contributed by atoms with Gasteiger partial charge in [0.05, 0.1) is 12.0 Å². The lowest BCUT2D eigenvalue weighted by Crippen LogP contribution is -2.24. The lowest BCUT2D eigenvalue weighted by atomic mass is 10.1. The molecule has 0 saturated carbocycles. The first-order valence-electron chi connectivity index (χ1n) is 11.7. The Bertz CT molecular complexity index is 1270. The van der Waals surface area contributed by atoms with Gasteiger partial charge in [0.2, 0.25) is 11.7 Å². The number of nitrogens with one attached hydrogen (secondary N) is 1. The van der Waals surface area contributed by atoms with Gasteiger partial charge >= 0.3 is 11.9 Å². The number of carbonyl (C=O) groups is 5. The number of aryl methyl sites for hydroxylation is 1. The van der Waals surface area contributed by atoms with E-state index in [-0.39, 0.29) is 30.0 Å². The van der Waals surface area contributed by atoms with Crippen molar-refractivity contribution >= 4 is 35.1 Å². The first kappa shape index (κ1) is 27.0. The van der Waals surface area contributed by atoms with Crippen LogP contribution in [-0.2, 0) is 19.1 Å². The highest BCUT2D eigenvalue weighted by molar-refractivity contribution is 6.01. The van der Waals surface area contributed by atoms with Crippen molar-refractivity contribution in [3.05, 3.63) is 101 Å². The third kappa shape index (κ3) is 8.24. The van der Waals surface area contributed by atoms with Gasteiger partial charge in [0, 0.05) is 23.2 Å². The quantitative estimate of drug-likeness (QED) is 0.302. The Kier molecular flexibility index (Phi) is 9.43. The molecule has 190 valence electrons. The summed E-state index contributed by atoms with van der Waals surface area (Å²) in [6, 6.07) is 21.4. The van der Waals surface area contributed by atoms with E-state index in [1.807, 2.05) is 6.92 Å². The number of Topliss-reactive ketones (excluding diaryl/α,β-unsaturated/α-hetero) is 2. The summed E-state index contributed by atoms with van der Waals surface area (Å²) >= 11 is 0. The maximum absolute atomic E-state index is 12.4. The summed E-state index contributed by atoms with van der Waals surface area (Å²) in [5, 5.41) is 2.62. The van der Waals surface area contributed by atoms with Crippen molar-refractivity contribution < 1.29 is 33.4 Å². The Balaban J connectivity index is 1.41. The Morgan fingerprint density at radius 1 is 0.757 bits per heavy atom. The average molecular weight is 502 g/mol. The average Bonchev–Trinajstić information content (AvgIpc) is 2.91. The van der Waals surface area contributed by atoms with Gasteiger partial charge in [-0.3, -0.25) is 19.2 Å². The van der Waals surface area contributed by atoms with E-state index in [0.29, 0.717) is 16.8 Å². The Labute approximate surface area is 214 Å². The Hall–Kier alpha value is -4.59. The Morgan fingerprint density at radius 3 is 2.03 bits per heavy atom. The van der Waals surface area contributed by atoms with Gasteiger partial charge in [0.15, 0.2) is 18.5 Å². The maximum Gasteiger partial charge on any atom is 0.338 e. The molecule has 37 heavy (non-hydrogen) atoms. The van der Waals surface area contributed by atoms with Crippen molar-refractivity contribution in [2.24, 2.45) is 0 Å². The number of hydrogen-bond acceptors (Lipinski definition) is 7. The van der Waals surface area contributed by atoms with Crippen LogP contribution in [0.2, 0.25) is 0 Å². The molecule has 0 fully saturated rings. The zero-order valence-corrected chi connectivity index (χ0v) is 20.6. The van der Waals surface area contributed by atoms with E-state index in [1.54, 1.807) is 54.6 Å². The van der Waals surface area contributed by atoms with Gasteiger partial charge in [-0.25, -0.2) is 4.79 Å². The molecule has 3 aromatic rings. The smallest absolute Gasteiger partial charge is 0.338 e. The number of hydrogen-bond donors (Lipinski definition) is 1. The molecule has 3 aromatic carbocycles. The number of carbonyl (C=O) groups excluding carboxylic acids is 5. The molecule has 1 N–H and O–H groups in total. The number of ketones is 2. The third-order valence-corrected chi connectivity index (χ3v) is 5.41. The van der Waals surface area contributed by atoms with Crippen molar-refractivity contribution in [2.45, 2.75) is 32.8 Å². The number of rotatable bonds is 11. The summed E-state index contributed by atoms with van der Waals surface area (Å²) in [5.74, 6) is -2.39. The Morgan fingerprint density at radius 2 is 1.38 bits per heavy atom. The molecule has 0 spiro atoms. The summed E-state index contributed by atoms with van der Waals surface area (Å²) in [7, 11) is 0. The molecule has 0 aliphatic heterocycles. The first-order chi connectivity index (χ1) is 17.7. The highest BCUT2D eigenvalue weighted by Crippen LogP contribution is 2.14. The molecular weight excluding hydrogens is 474 g/mol. The van der Waals surface area contributed by atoms with Gasteiger partial charge in [-0.1, -0.05) is 60.2 Å². The number of amides is 1. The SMILES string of the molecule is Cc1ccc(C(=O)COC(=O)CCC(=O)Nc2ccc(C(=O)OC(C)C(=O)c3ccccc3)cc2)cc1. The van der Waals surface area contributed by atoms with Crippen LogP contribution in [0, 0.1) is 6.92 Å². The van der Waals surface area contributed by atoms with Crippen molar-refractivity contribution in [2.75, 3.05) is 11.9 Å². The number of benzene rings is 3. The molecule has 0 saturated heterocycles. The summed E-state index contributed by atoms with van der Waals surface area (Å²) < 4.78 is 10.2. The van der Waals surface area contributed by atoms with E-state index in [0.717, 1.165) is 5.56 Å². The minimum Gasteiger partial charge on any atom is -0.457 e. The van der Waals surface area contributed by atoms with Gasteiger partial charge in [-0.15, -0.1) is 0 Å². The van der Waals surface area contributed by atoms with E-state index in [9.17, 15) is 24.0 Å². The van der Waals surface area contributed by atoms with Crippen LogP contribution in [0.1, 0.15) is 56.4 Å². The second kappa shape index (κ2) is 12.9. The van der Waals surface area contributed by atoms with Gasteiger partial charge in [0.1, 0.15) is 0 Å². The van der Waals surface area contributed by atoms with Crippen LogP contribution in [0.25, 0.3) is 0 Å². The summed E-state index contributed by atoms with van der Waals surface area (Å²) in [4.78, 5) is 60.9. The van der Waals surface area contributed by atoms with Crippen molar-refractivity contribution in [3.63, 3.8) is 0 Å². The van der Waals surface area contributed by atoms with E-state index < -0.39 is 30.6 Å². The van der Waals surface area contributed by atoms with E-state index >= 15 is 0 Å². The number of esters is 2. The molecule has 3 rings (SSSR count). The molecule has 1 amide bonds. The van der Waals surface area contributed by atoms with Gasteiger partial charge in [-0.2, -0.15) is 0 Å². The van der Waals surface area contributed by atoms with Crippen molar-refractivity contribution in [1.82, 2.24) is 0 Å². The second-order valence-electron chi connectivity index (χ2n) is 8.35. The molecule has 8 nitrogen and oxygen atoms in total. The lowest BCUT2D eigenvalue weighted by Gasteiger charge is -2.12. The summed E-state index contributed by atoms with van der Waals surface area (Å²) in [6.45, 7) is 3.02. The molecule has 0 aliphatic rings. The van der Waals surface area contributed by atoms with Gasteiger partial charge in [-0.05, 0) is 38.1 Å². The van der Waals surface area contributed by atoms with Gasteiger partial charge < -0.3 is 14.8 Å². The normalized spacial score (nSPS) is 11.2. The van der Waals surface area contributed by atoms with Crippen LogP contribution < -0.4 is 5.32 Å². The largest absolute Gasteiger partial charge is 0.457 e. The summed E-state index contributed by atoms with van der Waals surface area (Å²) in [5.41, 5.74) is 2.53. The summed E-state index contributed by atoms with van der Waals surface area (Å²) in [6.07, 6.45) is -1.29. The zero-order chi connectivity index (χ0) is 26.8. The number of ether oxygens (including phenoxy) is 2. The monoisotopic (exact) mass is 501 g/mol. The maximum atomic E-state index is 12.4. The molecular formula is C29H27NO7. The molecule has 1 atom stereocenters. The van der Waals surface area contributed by atoms with Crippen LogP contribution in [0.3, 0.4) is 0 Å². The minimum atomic E-state index is -0.957. The van der Waals surface area contributed by atoms with Crippen molar-refractivity contribution in [1.29, 1.82) is 0 Å². The molecule has 0 bridgehead atoms. The van der Waals surface area contributed by atoms with Crippen LogP contribution >= 0.6 is 0 Å². The topological polar surface area (TPSA) is 116 Å². The van der Waals surface area contributed by atoms with Crippen LogP contribution in [0.15, 0.2) is 78.9 Å². The minimum absolute atomic E-state index is 0.138. The van der Waals surface area contributed by atoms with Crippen molar-refractivity contribution in [3.8, 4) is 0 Å². The predicted octanol–water partition coefficient (Wildman–Crippen LogP) is 4.57. The highest BCUT2D eigenvalue weighted by Gasteiger charge is 2.20. The molecule has 0 heterocycles. The highest BCUT2D eigenvalue weighted by atomic mass is 16.5. The van der Waals surface area contributed by atoms with Crippen LogP contribution in [0.4, 0.5) is 5.69 Å². The molecule has 0 aromatic heterocycles. The van der Waals surface area contributed by atoms with Crippen LogP contribution in [-0.4, -0.2) is 42.1 Å².